The third-order valence-electron chi connectivity index (χ3n) is 3.07. The SMILES string of the molecule is Cc1ccc(C(=O)NC(=S)Nc2cc([N+](=O)[O-])ccc2F)cc1I. The molecule has 124 valence electrons. The number of amides is 1. The summed E-state index contributed by atoms with van der Waals surface area (Å²) in [6.07, 6.45) is 0. The number of aryl methyl sites for hydroxylation is 1. The monoisotopic (exact) mass is 459 g/mol. The zero-order valence-electron chi connectivity index (χ0n) is 12.3. The lowest BCUT2D eigenvalue weighted by atomic mass is 10.1. The van der Waals surface area contributed by atoms with Gasteiger partial charge in [0.1, 0.15) is 5.82 Å². The zero-order valence-corrected chi connectivity index (χ0v) is 15.3. The second kappa shape index (κ2) is 7.62. The fraction of sp³-hybridized carbons (Fsp3) is 0.0667. The highest BCUT2D eigenvalue weighted by atomic mass is 127. The maximum atomic E-state index is 13.7. The molecule has 0 aliphatic rings. The number of carbonyl (C=O) groups excluding carboxylic acids is 1. The molecule has 6 nitrogen and oxygen atoms in total. The van der Waals surface area contributed by atoms with E-state index in [9.17, 15) is 19.3 Å². The van der Waals surface area contributed by atoms with Gasteiger partial charge in [0.15, 0.2) is 5.11 Å². The Morgan fingerprint density at radius 3 is 2.62 bits per heavy atom. The largest absolute Gasteiger partial charge is 0.330 e. The number of nitrogens with zero attached hydrogens (tertiary/aromatic N) is 1. The van der Waals surface area contributed by atoms with E-state index in [0.29, 0.717) is 5.56 Å². The average molecular weight is 459 g/mol. The van der Waals surface area contributed by atoms with Crippen molar-refractivity contribution in [1.82, 2.24) is 5.32 Å². The van der Waals surface area contributed by atoms with E-state index in [4.69, 9.17) is 12.2 Å². The Bertz CT molecular complexity index is 845. The predicted molar refractivity (Wildman–Crippen MR) is 101 cm³/mol. The first-order valence-electron chi connectivity index (χ1n) is 6.60. The molecule has 0 radical (unpaired) electrons. The highest BCUT2D eigenvalue weighted by Gasteiger charge is 2.14. The predicted octanol–water partition coefficient (Wildman–Crippen LogP) is 3.77. The molecular formula is C15H11FIN3O3S. The van der Waals surface area contributed by atoms with Crippen LogP contribution in [0, 0.1) is 26.4 Å². The second-order valence-electron chi connectivity index (χ2n) is 4.79. The maximum Gasteiger partial charge on any atom is 0.271 e. The van der Waals surface area contributed by atoms with Crippen molar-refractivity contribution in [2.75, 3.05) is 5.32 Å². The van der Waals surface area contributed by atoms with Crippen LogP contribution in [-0.2, 0) is 0 Å². The molecule has 2 rings (SSSR count). The van der Waals surface area contributed by atoms with Gasteiger partial charge in [-0.1, -0.05) is 6.07 Å². The Kier molecular flexibility index (Phi) is 5.78. The van der Waals surface area contributed by atoms with E-state index < -0.39 is 16.6 Å². The lowest BCUT2D eigenvalue weighted by Crippen LogP contribution is -2.34. The first-order chi connectivity index (χ1) is 11.3. The molecule has 0 fully saturated rings. The van der Waals surface area contributed by atoms with E-state index in [1.807, 2.05) is 6.92 Å². The van der Waals surface area contributed by atoms with Crippen LogP contribution in [0.4, 0.5) is 15.8 Å². The summed E-state index contributed by atoms with van der Waals surface area (Å²) in [5.41, 5.74) is 0.953. The number of nitro benzene ring substituents is 1. The van der Waals surface area contributed by atoms with E-state index >= 15 is 0 Å². The van der Waals surface area contributed by atoms with E-state index in [-0.39, 0.29) is 16.5 Å². The topological polar surface area (TPSA) is 84.3 Å². The van der Waals surface area contributed by atoms with Crippen LogP contribution >= 0.6 is 34.8 Å². The third kappa shape index (κ3) is 4.45. The summed E-state index contributed by atoms with van der Waals surface area (Å²) in [6.45, 7) is 1.92. The van der Waals surface area contributed by atoms with Crippen molar-refractivity contribution in [3.63, 3.8) is 0 Å². The fourth-order valence-electron chi connectivity index (χ4n) is 1.79. The van der Waals surface area contributed by atoms with Gasteiger partial charge in [0, 0.05) is 21.3 Å². The van der Waals surface area contributed by atoms with Gasteiger partial charge in [-0.15, -0.1) is 0 Å². The van der Waals surface area contributed by atoms with Gasteiger partial charge in [0.2, 0.25) is 0 Å². The normalized spacial score (nSPS) is 10.1. The lowest BCUT2D eigenvalue weighted by molar-refractivity contribution is -0.384. The molecule has 0 saturated heterocycles. The molecule has 2 aromatic carbocycles. The number of nitrogens with one attached hydrogen (secondary N) is 2. The van der Waals surface area contributed by atoms with Gasteiger partial charge in [0.25, 0.3) is 11.6 Å². The van der Waals surface area contributed by atoms with Crippen molar-refractivity contribution >= 4 is 57.2 Å². The summed E-state index contributed by atoms with van der Waals surface area (Å²) in [5.74, 6) is -1.18. The Morgan fingerprint density at radius 2 is 2.00 bits per heavy atom. The first kappa shape index (κ1) is 18.2. The lowest BCUT2D eigenvalue weighted by Gasteiger charge is -2.11. The van der Waals surface area contributed by atoms with Crippen molar-refractivity contribution in [2.24, 2.45) is 0 Å². The number of hydrogen-bond donors (Lipinski definition) is 2. The van der Waals surface area contributed by atoms with Crippen LogP contribution in [0.1, 0.15) is 15.9 Å². The van der Waals surface area contributed by atoms with Crippen LogP contribution in [-0.4, -0.2) is 15.9 Å². The van der Waals surface area contributed by atoms with Gasteiger partial charge in [-0.3, -0.25) is 20.2 Å². The molecule has 24 heavy (non-hydrogen) atoms. The molecule has 1 amide bonds. The van der Waals surface area contributed by atoms with Gasteiger partial charge in [0.05, 0.1) is 10.6 Å². The molecule has 2 aromatic rings. The molecule has 0 bridgehead atoms. The molecule has 0 unspecified atom stereocenters. The molecular weight excluding hydrogens is 448 g/mol. The summed E-state index contributed by atoms with van der Waals surface area (Å²) < 4.78 is 14.6. The molecule has 0 aliphatic carbocycles. The smallest absolute Gasteiger partial charge is 0.271 e. The van der Waals surface area contributed by atoms with Crippen LogP contribution in [0.2, 0.25) is 0 Å². The molecule has 9 heteroatoms. The standard InChI is InChI=1S/C15H11FIN3O3S/c1-8-2-3-9(6-12(8)17)14(21)19-15(24)18-13-7-10(20(22)23)4-5-11(13)16/h2-7H,1H3,(H2,18,19,21,24). The third-order valence-corrected chi connectivity index (χ3v) is 4.44. The number of thiocarbonyl (C=S) groups is 1. The number of nitro groups is 1. The molecule has 0 spiro atoms. The van der Waals surface area contributed by atoms with Crippen LogP contribution in [0.5, 0.6) is 0 Å². The van der Waals surface area contributed by atoms with Crippen LogP contribution < -0.4 is 10.6 Å². The Hall–Kier alpha value is -2.14. The minimum atomic E-state index is -0.720. The number of benzene rings is 2. The summed E-state index contributed by atoms with van der Waals surface area (Å²) in [5, 5.41) is 15.4. The van der Waals surface area contributed by atoms with Gasteiger partial charge in [-0.2, -0.15) is 0 Å². The van der Waals surface area contributed by atoms with Crippen molar-refractivity contribution in [1.29, 1.82) is 0 Å². The quantitative estimate of drug-likeness (QED) is 0.316. The number of halogens is 2. The van der Waals surface area contributed by atoms with Crippen LogP contribution in [0.25, 0.3) is 0 Å². The molecule has 2 N–H and O–H groups in total. The van der Waals surface area contributed by atoms with Crippen LogP contribution in [0.3, 0.4) is 0 Å². The summed E-state index contributed by atoms with van der Waals surface area (Å²) >= 11 is 7.07. The van der Waals surface area contributed by atoms with Crippen molar-refractivity contribution < 1.29 is 14.1 Å². The van der Waals surface area contributed by atoms with Crippen LogP contribution in [0.15, 0.2) is 36.4 Å². The summed E-state index contributed by atoms with van der Waals surface area (Å²) in [7, 11) is 0. The minimum Gasteiger partial charge on any atom is -0.330 e. The van der Waals surface area contributed by atoms with Gasteiger partial charge < -0.3 is 5.32 Å². The summed E-state index contributed by atoms with van der Waals surface area (Å²) in [6, 6.07) is 8.13. The molecule has 0 aliphatic heterocycles. The second-order valence-corrected chi connectivity index (χ2v) is 6.36. The van der Waals surface area contributed by atoms with Crippen molar-refractivity contribution in [3.8, 4) is 0 Å². The maximum absolute atomic E-state index is 13.7. The van der Waals surface area contributed by atoms with E-state index in [1.54, 1.807) is 18.2 Å². The molecule has 0 heterocycles. The van der Waals surface area contributed by atoms with E-state index in [0.717, 1.165) is 27.3 Å². The molecule has 0 aromatic heterocycles. The summed E-state index contributed by atoms with van der Waals surface area (Å²) in [4.78, 5) is 22.2. The number of hydrogen-bond acceptors (Lipinski definition) is 4. The first-order valence-corrected chi connectivity index (χ1v) is 8.09. The molecule has 0 saturated carbocycles. The van der Waals surface area contributed by atoms with E-state index in [1.165, 1.54) is 0 Å². The average Bonchev–Trinajstić information content (AvgIpc) is 2.51. The van der Waals surface area contributed by atoms with Crippen molar-refractivity contribution in [2.45, 2.75) is 6.92 Å². The van der Waals surface area contributed by atoms with Crippen molar-refractivity contribution in [3.05, 3.63) is 67.0 Å². The number of anilines is 1. The number of carbonyl (C=O) groups is 1. The van der Waals surface area contributed by atoms with E-state index in [2.05, 4.69) is 33.2 Å². The van der Waals surface area contributed by atoms with Gasteiger partial charge >= 0.3 is 0 Å². The number of rotatable bonds is 3. The molecule has 0 atom stereocenters. The minimum absolute atomic E-state index is 0.157. The Morgan fingerprint density at radius 1 is 1.29 bits per heavy atom. The van der Waals surface area contributed by atoms with Gasteiger partial charge in [-0.05, 0) is 65.5 Å². The Balaban J connectivity index is 2.10. The van der Waals surface area contributed by atoms with Gasteiger partial charge in [-0.25, -0.2) is 4.39 Å². The fourth-order valence-corrected chi connectivity index (χ4v) is 2.50. The highest BCUT2D eigenvalue weighted by molar-refractivity contribution is 14.1. The highest BCUT2D eigenvalue weighted by Crippen LogP contribution is 2.21. The number of non-ortho nitro benzene ring substituents is 1. The zero-order chi connectivity index (χ0) is 17.9. The Labute approximate surface area is 155 Å².